The minimum absolute atomic E-state index is 0.0580. The number of carbonyl (C=O) groups excluding carboxylic acids is 2. The van der Waals surface area contributed by atoms with Gasteiger partial charge < -0.3 is 15.4 Å². The molecule has 6 heteroatoms. The second-order valence-corrected chi connectivity index (χ2v) is 7.05. The van der Waals surface area contributed by atoms with Gasteiger partial charge in [0.15, 0.2) is 0 Å². The molecule has 0 bridgehead atoms. The quantitative estimate of drug-likeness (QED) is 0.718. The highest BCUT2D eigenvalue weighted by Gasteiger charge is 2.35. The number of methoxy groups -OCH3 is 1. The van der Waals surface area contributed by atoms with Crippen molar-refractivity contribution in [3.8, 4) is 0 Å². The second kappa shape index (κ2) is 9.48. The Balaban J connectivity index is 1.59. The molecule has 0 aromatic heterocycles. The molecule has 1 fully saturated rings. The summed E-state index contributed by atoms with van der Waals surface area (Å²) >= 11 is 0. The van der Waals surface area contributed by atoms with E-state index in [2.05, 4.69) is 27.7 Å². The van der Waals surface area contributed by atoms with Crippen LogP contribution in [0.15, 0.2) is 54.6 Å². The third-order valence-electron chi connectivity index (χ3n) is 5.15. The number of hydrogen-bond acceptors (Lipinski definition) is 5. The van der Waals surface area contributed by atoms with Crippen LogP contribution in [-0.4, -0.2) is 49.6 Å². The van der Waals surface area contributed by atoms with Crippen molar-refractivity contribution < 1.29 is 14.3 Å². The zero-order valence-corrected chi connectivity index (χ0v) is 16.4. The van der Waals surface area contributed by atoms with Gasteiger partial charge in [0, 0.05) is 32.7 Å². The predicted molar refractivity (Wildman–Crippen MR) is 108 cm³/mol. The summed E-state index contributed by atoms with van der Waals surface area (Å²) in [4.78, 5) is 26.1. The topological polar surface area (TPSA) is 70.7 Å². The van der Waals surface area contributed by atoms with Gasteiger partial charge in [-0.25, -0.2) is 4.79 Å². The summed E-state index contributed by atoms with van der Waals surface area (Å²) in [5, 5.41) is 6.33. The maximum Gasteiger partial charge on any atom is 0.337 e. The Kier molecular flexibility index (Phi) is 6.79. The van der Waals surface area contributed by atoms with Gasteiger partial charge in [-0.15, -0.1) is 0 Å². The Bertz CT molecular complexity index is 792. The van der Waals surface area contributed by atoms with Crippen molar-refractivity contribution in [3.63, 3.8) is 0 Å². The van der Waals surface area contributed by atoms with E-state index in [1.54, 1.807) is 19.2 Å². The van der Waals surface area contributed by atoms with Crippen molar-refractivity contribution in [2.24, 2.45) is 0 Å². The van der Waals surface area contributed by atoms with Crippen LogP contribution in [0.2, 0.25) is 0 Å². The summed E-state index contributed by atoms with van der Waals surface area (Å²) in [5.41, 5.74) is 2.84. The van der Waals surface area contributed by atoms with Crippen molar-refractivity contribution in [1.29, 1.82) is 0 Å². The third kappa shape index (κ3) is 4.97. The monoisotopic (exact) mass is 381 g/mol. The van der Waals surface area contributed by atoms with Crippen molar-refractivity contribution in [3.05, 3.63) is 71.3 Å². The van der Waals surface area contributed by atoms with E-state index >= 15 is 0 Å². The van der Waals surface area contributed by atoms with Crippen LogP contribution in [0.25, 0.3) is 0 Å². The van der Waals surface area contributed by atoms with Gasteiger partial charge >= 0.3 is 5.97 Å². The molecule has 0 saturated carbocycles. The Morgan fingerprint density at radius 2 is 1.79 bits per heavy atom. The van der Waals surface area contributed by atoms with E-state index in [-0.39, 0.29) is 24.0 Å². The van der Waals surface area contributed by atoms with Gasteiger partial charge in [-0.1, -0.05) is 42.5 Å². The van der Waals surface area contributed by atoms with E-state index in [9.17, 15) is 9.59 Å². The third-order valence-corrected chi connectivity index (χ3v) is 5.15. The van der Waals surface area contributed by atoms with Crippen LogP contribution in [-0.2, 0) is 22.6 Å². The lowest BCUT2D eigenvalue weighted by Gasteiger charge is -2.22. The minimum atomic E-state index is -0.333. The van der Waals surface area contributed by atoms with Crippen LogP contribution >= 0.6 is 0 Å². The van der Waals surface area contributed by atoms with E-state index in [1.807, 2.05) is 30.3 Å². The average Bonchev–Trinajstić information content (AvgIpc) is 3.14. The van der Waals surface area contributed by atoms with Crippen LogP contribution < -0.4 is 10.6 Å². The number of nitrogens with one attached hydrogen (secondary N) is 2. The van der Waals surface area contributed by atoms with Crippen molar-refractivity contribution >= 4 is 11.9 Å². The number of benzene rings is 2. The fraction of sp³-hybridized carbons (Fsp3) is 0.364. The summed E-state index contributed by atoms with van der Waals surface area (Å²) in [6.07, 6.45) is 0.771. The summed E-state index contributed by atoms with van der Waals surface area (Å²) in [6, 6.07) is 17.7. The van der Waals surface area contributed by atoms with Crippen LogP contribution in [0.4, 0.5) is 0 Å². The van der Waals surface area contributed by atoms with Gasteiger partial charge in [-0.2, -0.15) is 0 Å². The Hall–Kier alpha value is -2.70. The van der Waals surface area contributed by atoms with Crippen LogP contribution in [0, 0.1) is 0 Å². The summed E-state index contributed by atoms with van der Waals surface area (Å²) in [7, 11) is 3.06. The maximum absolute atomic E-state index is 12.3. The highest BCUT2D eigenvalue weighted by atomic mass is 16.5. The SMILES string of the molecule is CNC(=O)[C@@H]1C[C@H](NCc2ccc(C(=O)OC)cc2)CN1Cc1ccccc1. The molecule has 0 spiro atoms. The first-order chi connectivity index (χ1) is 13.6. The summed E-state index contributed by atoms with van der Waals surface area (Å²) in [6.45, 7) is 2.25. The molecule has 0 radical (unpaired) electrons. The average molecular weight is 381 g/mol. The van der Waals surface area contributed by atoms with Gasteiger partial charge in [-0.3, -0.25) is 9.69 Å². The number of amides is 1. The molecular formula is C22H27N3O3. The van der Waals surface area contributed by atoms with Crippen LogP contribution in [0.5, 0.6) is 0 Å². The number of hydrogen-bond donors (Lipinski definition) is 2. The van der Waals surface area contributed by atoms with E-state index < -0.39 is 0 Å². The first-order valence-electron chi connectivity index (χ1n) is 9.51. The molecule has 1 aliphatic rings. The molecule has 148 valence electrons. The number of likely N-dealkylation sites (tertiary alicyclic amines) is 1. The molecule has 0 unspecified atom stereocenters. The number of ether oxygens (including phenoxy) is 1. The molecule has 2 N–H and O–H groups in total. The zero-order chi connectivity index (χ0) is 19.9. The van der Waals surface area contributed by atoms with Crippen molar-refractivity contribution in [2.75, 3.05) is 20.7 Å². The van der Waals surface area contributed by atoms with Gasteiger partial charge in [-0.05, 0) is 29.7 Å². The molecule has 1 saturated heterocycles. The van der Waals surface area contributed by atoms with Gasteiger partial charge in [0.2, 0.25) is 5.91 Å². The van der Waals surface area contributed by atoms with Gasteiger partial charge in [0.05, 0.1) is 18.7 Å². The fourth-order valence-corrected chi connectivity index (χ4v) is 3.62. The number of esters is 1. The molecule has 2 aromatic rings. The molecule has 6 nitrogen and oxygen atoms in total. The predicted octanol–water partition coefficient (Wildman–Crippen LogP) is 1.95. The van der Waals surface area contributed by atoms with Gasteiger partial charge in [0.25, 0.3) is 0 Å². The molecule has 1 aliphatic heterocycles. The number of nitrogens with zero attached hydrogens (tertiary/aromatic N) is 1. The van der Waals surface area contributed by atoms with E-state index in [4.69, 9.17) is 4.74 Å². The van der Waals surface area contributed by atoms with Crippen LogP contribution in [0.1, 0.15) is 27.9 Å². The fourth-order valence-electron chi connectivity index (χ4n) is 3.62. The summed E-state index contributed by atoms with van der Waals surface area (Å²) < 4.78 is 4.72. The first-order valence-corrected chi connectivity index (χ1v) is 9.51. The van der Waals surface area contributed by atoms with E-state index in [0.29, 0.717) is 12.1 Å². The molecule has 3 rings (SSSR count). The smallest absolute Gasteiger partial charge is 0.337 e. The summed E-state index contributed by atoms with van der Waals surface area (Å²) in [5.74, 6) is -0.275. The molecule has 1 heterocycles. The lowest BCUT2D eigenvalue weighted by Crippen LogP contribution is -2.41. The normalized spacial score (nSPS) is 19.4. The maximum atomic E-state index is 12.3. The Morgan fingerprint density at radius 1 is 1.07 bits per heavy atom. The molecular weight excluding hydrogens is 354 g/mol. The number of likely N-dealkylation sites (N-methyl/N-ethyl adjacent to an activating group) is 1. The highest BCUT2D eigenvalue weighted by Crippen LogP contribution is 2.21. The Morgan fingerprint density at radius 3 is 2.43 bits per heavy atom. The van der Waals surface area contributed by atoms with Gasteiger partial charge in [0.1, 0.15) is 0 Å². The number of carbonyl (C=O) groups is 2. The van der Waals surface area contributed by atoms with E-state index in [0.717, 1.165) is 25.1 Å². The molecule has 0 aliphatic carbocycles. The lowest BCUT2D eigenvalue weighted by atomic mass is 10.1. The second-order valence-electron chi connectivity index (χ2n) is 7.05. The zero-order valence-electron chi connectivity index (χ0n) is 16.4. The highest BCUT2D eigenvalue weighted by molar-refractivity contribution is 5.89. The lowest BCUT2D eigenvalue weighted by molar-refractivity contribution is -0.125. The largest absolute Gasteiger partial charge is 0.465 e. The van der Waals surface area contributed by atoms with E-state index in [1.165, 1.54) is 12.7 Å². The minimum Gasteiger partial charge on any atom is -0.465 e. The number of rotatable bonds is 7. The molecule has 1 amide bonds. The van der Waals surface area contributed by atoms with Crippen molar-refractivity contribution in [1.82, 2.24) is 15.5 Å². The van der Waals surface area contributed by atoms with Crippen molar-refractivity contribution in [2.45, 2.75) is 31.6 Å². The Labute approximate surface area is 165 Å². The first kappa shape index (κ1) is 20.0. The van der Waals surface area contributed by atoms with Crippen LogP contribution in [0.3, 0.4) is 0 Å². The molecule has 2 aromatic carbocycles. The molecule has 2 atom stereocenters. The molecule has 28 heavy (non-hydrogen) atoms. The standard InChI is InChI=1S/C22H27N3O3/c1-23-21(26)20-12-19(15-25(20)14-17-6-4-3-5-7-17)24-13-16-8-10-18(11-9-16)22(27)28-2/h3-11,19-20,24H,12-15H2,1-2H3,(H,23,26)/t19-,20-/m0/s1.